The molecule has 2 aromatic rings. The number of hydrogen-bond donors (Lipinski definition) is 1. The summed E-state index contributed by atoms with van der Waals surface area (Å²) in [5, 5.41) is 4.47. The van der Waals surface area contributed by atoms with Crippen LogP contribution in [0.4, 0.5) is 0 Å². The first kappa shape index (κ1) is 18.7. The van der Waals surface area contributed by atoms with E-state index in [1.54, 1.807) is 11.3 Å². The normalized spacial score (nSPS) is 10.8. The van der Waals surface area contributed by atoms with E-state index in [9.17, 15) is 9.59 Å². The van der Waals surface area contributed by atoms with Crippen molar-refractivity contribution >= 4 is 45.2 Å². The maximum atomic E-state index is 11.8. The molecule has 2 heterocycles. The molecule has 0 saturated carbocycles. The van der Waals surface area contributed by atoms with Crippen LogP contribution in [0.2, 0.25) is 0 Å². The summed E-state index contributed by atoms with van der Waals surface area (Å²) in [6.45, 7) is 6.49. The molecule has 0 spiro atoms. The van der Waals surface area contributed by atoms with Crippen LogP contribution in [0.5, 0.6) is 0 Å². The van der Waals surface area contributed by atoms with Crippen LogP contribution in [-0.4, -0.2) is 40.7 Å². The number of nitrogens with one attached hydrogen (secondary N) is 1. The minimum Gasteiger partial charge on any atom is -0.455 e. The molecule has 0 aliphatic carbocycles. The van der Waals surface area contributed by atoms with E-state index >= 15 is 0 Å². The highest BCUT2D eigenvalue weighted by molar-refractivity contribution is 8.00. The summed E-state index contributed by atoms with van der Waals surface area (Å²) in [5.41, 5.74) is 1.14. The molecular formula is C16H21N3O3S2. The van der Waals surface area contributed by atoms with Gasteiger partial charge in [0.2, 0.25) is 0 Å². The number of unbranched alkanes of at least 4 members (excludes halogenated alkanes) is 1. The summed E-state index contributed by atoms with van der Waals surface area (Å²) in [4.78, 5) is 34.0. The quantitative estimate of drug-likeness (QED) is 0.334. The van der Waals surface area contributed by atoms with Gasteiger partial charge in [0.15, 0.2) is 6.61 Å². The van der Waals surface area contributed by atoms with Crippen LogP contribution in [0, 0.1) is 13.8 Å². The fourth-order valence-corrected chi connectivity index (χ4v) is 3.95. The van der Waals surface area contributed by atoms with Gasteiger partial charge in [-0.25, -0.2) is 9.97 Å². The molecule has 0 fully saturated rings. The summed E-state index contributed by atoms with van der Waals surface area (Å²) in [6.07, 6.45) is 3.43. The number of esters is 1. The van der Waals surface area contributed by atoms with Crippen molar-refractivity contribution in [1.82, 2.24) is 15.3 Å². The van der Waals surface area contributed by atoms with E-state index < -0.39 is 5.97 Å². The average Bonchev–Trinajstić information content (AvgIpc) is 2.86. The molecule has 130 valence electrons. The Morgan fingerprint density at radius 3 is 2.88 bits per heavy atom. The van der Waals surface area contributed by atoms with Gasteiger partial charge in [0.25, 0.3) is 5.91 Å². The number of thioether (sulfide) groups is 1. The molecule has 2 rings (SSSR count). The third-order valence-electron chi connectivity index (χ3n) is 3.47. The van der Waals surface area contributed by atoms with Crippen molar-refractivity contribution in [1.29, 1.82) is 0 Å². The molecule has 0 atom stereocenters. The molecule has 0 aliphatic heterocycles. The zero-order valence-corrected chi connectivity index (χ0v) is 15.7. The molecule has 6 nitrogen and oxygen atoms in total. The van der Waals surface area contributed by atoms with Crippen LogP contribution in [-0.2, 0) is 14.3 Å². The van der Waals surface area contributed by atoms with E-state index in [0.29, 0.717) is 6.54 Å². The van der Waals surface area contributed by atoms with E-state index in [1.807, 2.05) is 20.8 Å². The van der Waals surface area contributed by atoms with Crippen molar-refractivity contribution in [3.8, 4) is 0 Å². The molecule has 2 aromatic heterocycles. The Morgan fingerprint density at radius 2 is 2.12 bits per heavy atom. The fraction of sp³-hybridized carbons (Fsp3) is 0.500. The fourth-order valence-electron chi connectivity index (χ4n) is 2.03. The number of ether oxygens (including phenoxy) is 1. The molecule has 1 N–H and O–H groups in total. The Balaban J connectivity index is 1.85. The van der Waals surface area contributed by atoms with Gasteiger partial charge < -0.3 is 10.1 Å². The maximum absolute atomic E-state index is 11.8. The number of amides is 1. The first-order valence-electron chi connectivity index (χ1n) is 7.78. The van der Waals surface area contributed by atoms with Crippen molar-refractivity contribution in [2.24, 2.45) is 0 Å². The van der Waals surface area contributed by atoms with Crippen molar-refractivity contribution in [2.45, 2.75) is 38.6 Å². The van der Waals surface area contributed by atoms with Gasteiger partial charge in [0.05, 0.1) is 5.75 Å². The molecule has 0 unspecified atom stereocenters. The van der Waals surface area contributed by atoms with Crippen LogP contribution in [0.15, 0.2) is 11.4 Å². The average molecular weight is 367 g/mol. The molecular weight excluding hydrogens is 346 g/mol. The minimum absolute atomic E-state index is 0.114. The van der Waals surface area contributed by atoms with Crippen molar-refractivity contribution in [2.75, 3.05) is 18.9 Å². The predicted molar refractivity (Wildman–Crippen MR) is 96.5 cm³/mol. The summed E-state index contributed by atoms with van der Waals surface area (Å²) in [5.74, 6) is -0.583. The summed E-state index contributed by atoms with van der Waals surface area (Å²) >= 11 is 2.93. The summed E-state index contributed by atoms with van der Waals surface area (Å²) in [7, 11) is 0. The topological polar surface area (TPSA) is 81.2 Å². The van der Waals surface area contributed by atoms with Crippen molar-refractivity contribution in [3.05, 3.63) is 16.8 Å². The van der Waals surface area contributed by atoms with Gasteiger partial charge in [-0.3, -0.25) is 9.59 Å². The van der Waals surface area contributed by atoms with Crippen LogP contribution in [0.1, 0.15) is 30.2 Å². The first-order valence-corrected chi connectivity index (χ1v) is 9.59. The van der Waals surface area contributed by atoms with Gasteiger partial charge >= 0.3 is 5.97 Å². The van der Waals surface area contributed by atoms with Crippen molar-refractivity contribution in [3.63, 3.8) is 0 Å². The second-order valence-electron chi connectivity index (χ2n) is 5.30. The number of aromatic nitrogens is 2. The Morgan fingerprint density at radius 1 is 1.33 bits per heavy atom. The number of nitrogens with zero attached hydrogens (tertiary/aromatic N) is 2. The monoisotopic (exact) mass is 367 g/mol. The van der Waals surface area contributed by atoms with Gasteiger partial charge in [-0.1, -0.05) is 25.1 Å². The summed E-state index contributed by atoms with van der Waals surface area (Å²) in [6, 6.07) is 0. The Bertz CT molecular complexity index is 731. The second-order valence-corrected chi connectivity index (χ2v) is 7.46. The molecule has 0 aromatic carbocycles. The molecule has 0 bridgehead atoms. The van der Waals surface area contributed by atoms with Gasteiger partial charge in [-0.2, -0.15) is 0 Å². The molecule has 0 radical (unpaired) electrons. The zero-order chi connectivity index (χ0) is 17.5. The lowest BCUT2D eigenvalue weighted by molar-refractivity contribution is -0.145. The lowest BCUT2D eigenvalue weighted by atomic mass is 10.2. The molecule has 1 amide bonds. The maximum Gasteiger partial charge on any atom is 0.316 e. The number of hydrogen-bond acceptors (Lipinski definition) is 7. The number of rotatable bonds is 8. The smallest absolute Gasteiger partial charge is 0.316 e. The molecule has 0 saturated heterocycles. The standard InChI is InChI=1S/C16H21N3O3S2/c1-4-5-6-17-12(20)7-22-13(21)8-23-15-14-10(2)11(3)24-16(14)19-9-18-15/h9H,4-8H2,1-3H3,(H,17,20). The number of aryl methyl sites for hydroxylation is 2. The number of carbonyl (C=O) groups is 2. The SMILES string of the molecule is CCCCNC(=O)COC(=O)CSc1ncnc2sc(C)c(C)c12. The lowest BCUT2D eigenvalue weighted by Crippen LogP contribution is -2.29. The largest absolute Gasteiger partial charge is 0.455 e. The van der Waals surface area contributed by atoms with Crippen LogP contribution in [0.25, 0.3) is 10.2 Å². The van der Waals surface area contributed by atoms with E-state index in [-0.39, 0.29) is 18.3 Å². The van der Waals surface area contributed by atoms with Crippen LogP contribution in [0.3, 0.4) is 0 Å². The van der Waals surface area contributed by atoms with Gasteiger partial charge in [0, 0.05) is 16.8 Å². The zero-order valence-electron chi connectivity index (χ0n) is 14.0. The van der Waals surface area contributed by atoms with E-state index in [4.69, 9.17) is 4.74 Å². The Hall–Kier alpha value is -1.67. The van der Waals surface area contributed by atoms with E-state index in [0.717, 1.165) is 33.6 Å². The third kappa shape index (κ3) is 4.91. The summed E-state index contributed by atoms with van der Waals surface area (Å²) < 4.78 is 4.99. The Kier molecular flexibility index (Phi) is 6.99. The minimum atomic E-state index is -0.429. The number of fused-ring (bicyclic) bond motifs is 1. The third-order valence-corrected chi connectivity index (χ3v) is 5.55. The highest BCUT2D eigenvalue weighted by Gasteiger charge is 2.14. The van der Waals surface area contributed by atoms with Crippen LogP contribution >= 0.6 is 23.1 Å². The van der Waals surface area contributed by atoms with Crippen molar-refractivity contribution < 1.29 is 14.3 Å². The van der Waals surface area contributed by atoms with E-state index in [2.05, 4.69) is 15.3 Å². The van der Waals surface area contributed by atoms with Crippen LogP contribution < -0.4 is 5.32 Å². The highest BCUT2D eigenvalue weighted by Crippen LogP contribution is 2.34. The molecule has 8 heteroatoms. The van der Waals surface area contributed by atoms with Gasteiger partial charge in [-0.15, -0.1) is 11.3 Å². The van der Waals surface area contributed by atoms with Gasteiger partial charge in [0.1, 0.15) is 16.2 Å². The highest BCUT2D eigenvalue weighted by atomic mass is 32.2. The Labute approximate surface area is 149 Å². The number of carbonyl (C=O) groups excluding carboxylic acids is 2. The first-order chi connectivity index (χ1) is 11.5. The van der Waals surface area contributed by atoms with E-state index in [1.165, 1.54) is 23.0 Å². The molecule has 0 aliphatic rings. The molecule has 24 heavy (non-hydrogen) atoms. The predicted octanol–water partition coefficient (Wildman–Crippen LogP) is 2.86. The van der Waals surface area contributed by atoms with Gasteiger partial charge in [-0.05, 0) is 25.8 Å². The second kappa shape index (κ2) is 8.98. The number of thiophene rings is 1. The lowest BCUT2D eigenvalue weighted by Gasteiger charge is -2.06.